The summed E-state index contributed by atoms with van der Waals surface area (Å²) in [6, 6.07) is 26.9. The number of fused-ring (bicyclic) bond motifs is 2. The van der Waals surface area contributed by atoms with Crippen LogP contribution in [0.2, 0.25) is 10.0 Å². The van der Waals surface area contributed by atoms with Gasteiger partial charge in [0.15, 0.2) is 0 Å². The van der Waals surface area contributed by atoms with Gasteiger partial charge >= 0.3 is 0 Å². The first-order valence-corrected chi connectivity index (χ1v) is 10.1. The van der Waals surface area contributed by atoms with Crippen LogP contribution in [0.5, 0.6) is 11.5 Å². The smallest absolute Gasteiger partial charge is 0.136 e. The highest BCUT2D eigenvalue weighted by Crippen LogP contribution is 2.41. The van der Waals surface area contributed by atoms with Crippen molar-refractivity contribution < 1.29 is 4.74 Å². The van der Waals surface area contributed by atoms with Crippen LogP contribution in [0.15, 0.2) is 89.9 Å². The molecule has 0 atom stereocenters. The molecule has 1 heterocycles. The molecule has 0 saturated carbocycles. The lowest BCUT2D eigenvalue weighted by Crippen LogP contribution is -2.25. The third kappa shape index (κ3) is 3.43. The minimum absolute atomic E-state index is 0.648. The van der Waals surface area contributed by atoms with E-state index in [4.69, 9.17) is 32.9 Å². The Kier molecular flexibility index (Phi) is 4.70. The number of benzene rings is 4. The molecule has 0 aliphatic carbocycles. The molecule has 1 aliphatic heterocycles. The number of hydrogen-bond acceptors (Lipinski definition) is 3. The van der Waals surface area contributed by atoms with Crippen LogP contribution in [0.3, 0.4) is 0 Å². The Morgan fingerprint density at radius 3 is 2.17 bits per heavy atom. The summed E-state index contributed by atoms with van der Waals surface area (Å²) in [7, 11) is 0. The number of hydrogen-bond donors (Lipinski definition) is 0. The first kappa shape index (κ1) is 18.7. The van der Waals surface area contributed by atoms with Crippen LogP contribution in [-0.2, 0) is 0 Å². The van der Waals surface area contributed by atoms with Crippen molar-refractivity contribution in [1.82, 2.24) is 0 Å². The van der Waals surface area contributed by atoms with Crippen LogP contribution < -0.4 is 20.2 Å². The molecule has 0 amide bonds. The number of ether oxygens (including phenoxy) is 1. The van der Waals surface area contributed by atoms with Crippen LogP contribution in [0.1, 0.15) is 0 Å². The molecule has 3 nitrogen and oxygen atoms in total. The lowest BCUT2D eigenvalue weighted by molar-refractivity contribution is 0.478. The highest BCUT2D eigenvalue weighted by Gasteiger charge is 2.22. The van der Waals surface area contributed by atoms with Gasteiger partial charge in [-0.1, -0.05) is 41.9 Å². The van der Waals surface area contributed by atoms with Gasteiger partial charge in [-0.15, -0.1) is 0 Å². The molecule has 4 aromatic carbocycles. The third-order valence-electron chi connectivity index (χ3n) is 4.89. The van der Waals surface area contributed by atoms with Gasteiger partial charge in [0.25, 0.3) is 0 Å². The van der Waals surface area contributed by atoms with Crippen molar-refractivity contribution >= 4 is 52.5 Å². The van der Waals surface area contributed by atoms with Crippen molar-refractivity contribution in [3.05, 3.63) is 106 Å². The largest absolute Gasteiger partial charge is 0.457 e. The maximum Gasteiger partial charge on any atom is 0.136 e. The van der Waals surface area contributed by atoms with E-state index >= 15 is 0 Å². The molecular formula is C25H16Cl2N2O. The van der Waals surface area contributed by atoms with Crippen molar-refractivity contribution in [3.8, 4) is 11.5 Å². The zero-order valence-electron chi connectivity index (χ0n) is 15.8. The maximum atomic E-state index is 6.11. The highest BCUT2D eigenvalue weighted by molar-refractivity contribution is 6.30. The lowest BCUT2D eigenvalue weighted by Gasteiger charge is -2.29. The van der Waals surface area contributed by atoms with Crippen LogP contribution in [-0.4, -0.2) is 0 Å². The molecular weight excluding hydrogens is 415 g/mol. The third-order valence-corrected chi connectivity index (χ3v) is 5.39. The van der Waals surface area contributed by atoms with Crippen LogP contribution in [0.25, 0.3) is 6.58 Å². The maximum absolute atomic E-state index is 6.11. The van der Waals surface area contributed by atoms with E-state index < -0.39 is 0 Å². The summed E-state index contributed by atoms with van der Waals surface area (Å²) in [6.07, 6.45) is 0. The van der Waals surface area contributed by atoms with Gasteiger partial charge in [0.2, 0.25) is 0 Å². The lowest BCUT2D eigenvalue weighted by atomic mass is 10.1. The van der Waals surface area contributed by atoms with E-state index in [1.165, 1.54) is 0 Å². The summed E-state index contributed by atoms with van der Waals surface area (Å²) in [5, 5.41) is 2.92. The second-order valence-corrected chi connectivity index (χ2v) is 7.79. The fraction of sp³-hybridized carbons (Fsp3) is 0. The predicted molar refractivity (Wildman–Crippen MR) is 124 cm³/mol. The molecule has 1 aliphatic rings. The van der Waals surface area contributed by atoms with E-state index in [2.05, 4.69) is 17.5 Å². The first-order valence-electron chi connectivity index (χ1n) is 9.38. The minimum Gasteiger partial charge on any atom is -0.457 e. The van der Waals surface area contributed by atoms with E-state index in [0.717, 1.165) is 33.3 Å². The zero-order chi connectivity index (χ0) is 20.7. The Hall–Kier alpha value is -3.27. The average Bonchev–Trinajstić information content (AvgIpc) is 2.75. The van der Waals surface area contributed by atoms with Crippen LogP contribution >= 0.6 is 23.2 Å². The number of halogens is 2. The number of para-hydroxylation sites is 2. The molecule has 30 heavy (non-hydrogen) atoms. The number of nitrogens with zero attached hydrogens (tertiary/aromatic N) is 2. The fourth-order valence-corrected chi connectivity index (χ4v) is 3.72. The molecule has 0 spiro atoms. The summed E-state index contributed by atoms with van der Waals surface area (Å²) >= 11 is 12.1. The second-order valence-electron chi connectivity index (χ2n) is 6.92. The van der Waals surface area contributed by atoms with Gasteiger partial charge in [0.1, 0.15) is 11.5 Å². The van der Waals surface area contributed by atoms with E-state index in [0.29, 0.717) is 21.5 Å². The van der Waals surface area contributed by atoms with E-state index in [1.807, 2.05) is 66.7 Å². The molecule has 0 saturated heterocycles. The molecule has 5 rings (SSSR count). The van der Waals surface area contributed by atoms with Crippen molar-refractivity contribution in [2.75, 3.05) is 4.90 Å². The average molecular weight is 431 g/mol. The molecule has 0 unspecified atom stereocenters. The zero-order valence-corrected chi connectivity index (χ0v) is 17.4. The SMILES string of the molecule is C=c1cc2c(cc1Oc1ccc(Cl)cc1)=Nc1ccccc1N2c1ccc(Cl)cc1. The molecule has 0 fully saturated rings. The molecule has 0 radical (unpaired) electrons. The Morgan fingerprint density at radius 2 is 1.43 bits per heavy atom. The molecule has 4 aromatic rings. The summed E-state index contributed by atoms with van der Waals surface area (Å²) in [5.74, 6) is 1.34. The number of rotatable bonds is 3. The van der Waals surface area contributed by atoms with Crippen molar-refractivity contribution in [1.29, 1.82) is 0 Å². The minimum atomic E-state index is 0.648. The van der Waals surface area contributed by atoms with E-state index in [-0.39, 0.29) is 0 Å². The van der Waals surface area contributed by atoms with Crippen molar-refractivity contribution in [3.63, 3.8) is 0 Å². The molecule has 0 bridgehead atoms. The van der Waals surface area contributed by atoms with Gasteiger partial charge in [-0.3, -0.25) is 0 Å². The van der Waals surface area contributed by atoms with Gasteiger partial charge in [-0.25, -0.2) is 4.99 Å². The Bertz CT molecular complexity index is 1350. The Morgan fingerprint density at radius 1 is 0.767 bits per heavy atom. The molecule has 5 heteroatoms. The first-order chi connectivity index (χ1) is 14.6. The van der Waals surface area contributed by atoms with Gasteiger partial charge in [0, 0.05) is 27.0 Å². The van der Waals surface area contributed by atoms with Gasteiger partial charge in [0.05, 0.1) is 22.4 Å². The normalized spacial score (nSPS) is 12.0. The second kappa shape index (κ2) is 7.52. The van der Waals surface area contributed by atoms with Crippen LogP contribution in [0, 0.1) is 0 Å². The highest BCUT2D eigenvalue weighted by atomic mass is 35.5. The fourth-order valence-electron chi connectivity index (χ4n) is 3.47. The van der Waals surface area contributed by atoms with Crippen molar-refractivity contribution in [2.45, 2.75) is 0 Å². The Balaban J connectivity index is 1.67. The van der Waals surface area contributed by atoms with Gasteiger partial charge in [-0.05, 0) is 66.7 Å². The molecule has 146 valence electrons. The van der Waals surface area contributed by atoms with Gasteiger partial charge < -0.3 is 9.64 Å². The van der Waals surface area contributed by atoms with Crippen molar-refractivity contribution in [2.24, 2.45) is 4.99 Å². The number of anilines is 3. The monoisotopic (exact) mass is 430 g/mol. The summed E-state index contributed by atoms with van der Waals surface area (Å²) in [5.41, 5.74) is 3.81. The standard InChI is InChI=1S/C25H16Cl2N2O/c1-16-14-24-22(15-25(16)30-20-12-8-18(27)9-13-20)28-21-4-2-3-5-23(21)29(24)19-10-6-17(26)7-11-19/h2-15H,1H2. The molecule has 0 N–H and O–H groups in total. The quantitative estimate of drug-likeness (QED) is 0.309. The topological polar surface area (TPSA) is 24.8 Å². The van der Waals surface area contributed by atoms with Crippen LogP contribution in [0.4, 0.5) is 22.7 Å². The molecule has 0 aromatic heterocycles. The van der Waals surface area contributed by atoms with Gasteiger partial charge in [-0.2, -0.15) is 0 Å². The summed E-state index contributed by atoms with van der Waals surface area (Å²) in [4.78, 5) is 7.02. The summed E-state index contributed by atoms with van der Waals surface area (Å²) in [6.45, 7) is 4.20. The Labute approximate surface area is 184 Å². The predicted octanol–water partition coefficient (Wildman–Crippen LogP) is 6.93. The van der Waals surface area contributed by atoms with E-state index in [9.17, 15) is 0 Å². The summed E-state index contributed by atoms with van der Waals surface area (Å²) < 4.78 is 6.06. The van der Waals surface area contributed by atoms with E-state index in [1.54, 1.807) is 12.1 Å².